The molecule has 0 aliphatic carbocycles. The zero-order valence-electron chi connectivity index (χ0n) is 10.2. The summed E-state index contributed by atoms with van der Waals surface area (Å²) in [7, 11) is 3.33. The quantitative estimate of drug-likeness (QED) is 0.782. The Kier molecular flexibility index (Phi) is 4.78. The van der Waals surface area contributed by atoms with Gasteiger partial charge in [0.25, 0.3) is 0 Å². The first-order valence-electron chi connectivity index (χ1n) is 5.30. The Labute approximate surface area is 100 Å². The molecule has 1 rings (SSSR count). The highest BCUT2D eigenvalue weighted by Gasteiger charge is 2.17. The van der Waals surface area contributed by atoms with Crippen molar-refractivity contribution < 1.29 is 19.4 Å². The van der Waals surface area contributed by atoms with Crippen LogP contribution >= 0.6 is 0 Å². The summed E-state index contributed by atoms with van der Waals surface area (Å²) in [6.07, 6.45) is -0.915. The van der Waals surface area contributed by atoms with Crippen molar-refractivity contribution in [1.82, 2.24) is 5.32 Å². The highest BCUT2D eigenvalue weighted by molar-refractivity contribution is 5.72. The van der Waals surface area contributed by atoms with Gasteiger partial charge in [-0.2, -0.15) is 0 Å². The fraction of sp³-hybridized carbons (Fsp3) is 0.417. The van der Waals surface area contributed by atoms with Crippen molar-refractivity contribution in [2.75, 3.05) is 14.2 Å². The Balaban J connectivity index is 3.03. The summed E-state index contributed by atoms with van der Waals surface area (Å²) >= 11 is 0. The van der Waals surface area contributed by atoms with Gasteiger partial charge < -0.3 is 19.9 Å². The lowest BCUT2D eigenvalue weighted by Gasteiger charge is -2.17. The third-order valence-electron chi connectivity index (χ3n) is 2.29. The summed E-state index contributed by atoms with van der Waals surface area (Å²) in [5.74, 6) is -0.00332. The van der Waals surface area contributed by atoms with Crippen molar-refractivity contribution >= 4 is 5.97 Å². The van der Waals surface area contributed by atoms with Gasteiger partial charge in [0, 0.05) is 12.1 Å². The van der Waals surface area contributed by atoms with E-state index in [1.165, 1.54) is 14.0 Å². The number of carboxylic acid groups (broad SMARTS) is 1. The van der Waals surface area contributed by atoms with Crippen molar-refractivity contribution in [3.05, 3.63) is 23.8 Å². The number of ether oxygens (including phenoxy) is 2. The van der Waals surface area contributed by atoms with E-state index in [0.29, 0.717) is 18.0 Å². The molecule has 94 valence electrons. The van der Waals surface area contributed by atoms with Gasteiger partial charge in [-0.15, -0.1) is 0 Å². The molecule has 1 atom stereocenters. The largest absolute Gasteiger partial charge is 0.493 e. The van der Waals surface area contributed by atoms with E-state index in [4.69, 9.17) is 14.6 Å². The van der Waals surface area contributed by atoms with Crippen LogP contribution in [0.5, 0.6) is 11.5 Å². The molecule has 0 aromatic heterocycles. The van der Waals surface area contributed by atoms with Gasteiger partial charge in [-0.3, -0.25) is 0 Å². The first-order valence-corrected chi connectivity index (χ1v) is 5.30. The predicted molar refractivity (Wildman–Crippen MR) is 63.5 cm³/mol. The molecule has 0 amide bonds. The maximum atomic E-state index is 10.8. The van der Waals surface area contributed by atoms with Crippen LogP contribution in [0.15, 0.2) is 18.2 Å². The second kappa shape index (κ2) is 6.10. The molecule has 0 aliphatic heterocycles. The molecule has 0 saturated carbocycles. The molecule has 0 heterocycles. The molecular formula is C12H17NO4. The molecule has 5 heteroatoms. The zero-order chi connectivity index (χ0) is 12.8. The van der Waals surface area contributed by atoms with Gasteiger partial charge in [-0.05, 0) is 20.0 Å². The van der Waals surface area contributed by atoms with Gasteiger partial charge in [0.1, 0.15) is 0 Å². The third kappa shape index (κ3) is 3.35. The molecule has 5 nitrogen and oxygen atoms in total. The predicted octanol–water partition coefficient (Wildman–Crippen LogP) is 1.27. The summed E-state index contributed by atoms with van der Waals surface area (Å²) in [6.45, 7) is 2.07. The Morgan fingerprint density at radius 2 is 2.24 bits per heavy atom. The zero-order valence-corrected chi connectivity index (χ0v) is 10.2. The van der Waals surface area contributed by atoms with Crippen molar-refractivity contribution in [1.29, 1.82) is 0 Å². The van der Waals surface area contributed by atoms with E-state index in [0.717, 1.165) is 5.56 Å². The highest BCUT2D eigenvalue weighted by Crippen LogP contribution is 2.31. The molecule has 2 N–H and O–H groups in total. The lowest BCUT2D eigenvalue weighted by molar-refractivity contribution is -0.144. The van der Waals surface area contributed by atoms with Crippen LogP contribution < -0.4 is 14.8 Å². The number of para-hydroxylation sites is 1. The standard InChI is InChI=1S/C12H17NO4/c1-8(12(14)15)17-11-9(7-13-2)5-4-6-10(11)16-3/h4-6,8,13H,7H2,1-3H3,(H,14,15). The van der Waals surface area contributed by atoms with Crippen LogP contribution in [0.1, 0.15) is 12.5 Å². The third-order valence-corrected chi connectivity index (χ3v) is 2.29. The van der Waals surface area contributed by atoms with E-state index < -0.39 is 12.1 Å². The highest BCUT2D eigenvalue weighted by atomic mass is 16.5. The number of rotatable bonds is 6. The average Bonchev–Trinajstić information content (AvgIpc) is 2.31. The molecule has 0 spiro atoms. The van der Waals surface area contributed by atoms with Gasteiger partial charge in [0.2, 0.25) is 0 Å². The normalized spacial score (nSPS) is 11.9. The molecule has 0 saturated heterocycles. The monoisotopic (exact) mass is 239 g/mol. The fourth-order valence-corrected chi connectivity index (χ4v) is 1.41. The molecule has 17 heavy (non-hydrogen) atoms. The van der Waals surface area contributed by atoms with Gasteiger partial charge >= 0.3 is 5.97 Å². The average molecular weight is 239 g/mol. The number of hydrogen-bond donors (Lipinski definition) is 2. The Hall–Kier alpha value is -1.75. The number of nitrogens with one attached hydrogen (secondary N) is 1. The van der Waals surface area contributed by atoms with E-state index in [2.05, 4.69) is 5.32 Å². The smallest absolute Gasteiger partial charge is 0.344 e. The number of methoxy groups -OCH3 is 1. The van der Waals surface area contributed by atoms with Crippen LogP contribution in [0.3, 0.4) is 0 Å². The summed E-state index contributed by atoms with van der Waals surface area (Å²) < 4.78 is 10.6. The number of aliphatic carboxylic acids is 1. The molecule has 0 radical (unpaired) electrons. The SMILES string of the molecule is CNCc1cccc(OC)c1OC(C)C(=O)O. The van der Waals surface area contributed by atoms with E-state index in [1.807, 2.05) is 19.2 Å². The van der Waals surface area contributed by atoms with Crippen molar-refractivity contribution in [2.45, 2.75) is 19.6 Å². The van der Waals surface area contributed by atoms with E-state index >= 15 is 0 Å². The van der Waals surface area contributed by atoms with Crippen molar-refractivity contribution in [3.8, 4) is 11.5 Å². The minimum atomic E-state index is -1.01. The summed E-state index contributed by atoms with van der Waals surface area (Å²) in [5, 5.41) is 11.8. The second-order valence-electron chi connectivity index (χ2n) is 3.58. The van der Waals surface area contributed by atoms with Crippen LogP contribution in [-0.4, -0.2) is 31.3 Å². The van der Waals surface area contributed by atoms with Crippen molar-refractivity contribution in [2.24, 2.45) is 0 Å². The van der Waals surface area contributed by atoms with Crippen LogP contribution in [0.2, 0.25) is 0 Å². The minimum Gasteiger partial charge on any atom is -0.493 e. The number of hydrogen-bond acceptors (Lipinski definition) is 4. The lowest BCUT2D eigenvalue weighted by atomic mass is 10.2. The van der Waals surface area contributed by atoms with Crippen LogP contribution in [0, 0.1) is 0 Å². The molecule has 0 bridgehead atoms. The summed E-state index contributed by atoms with van der Waals surface area (Å²) in [4.78, 5) is 10.8. The first-order chi connectivity index (χ1) is 8.10. The van der Waals surface area contributed by atoms with Gasteiger partial charge in [-0.1, -0.05) is 12.1 Å². The van der Waals surface area contributed by atoms with Crippen LogP contribution in [-0.2, 0) is 11.3 Å². The first kappa shape index (κ1) is 13.3. The summed E-state index contributed by atoms with van der Waals surface area (Å²) in [5.41, 5.74) is 0.861. The Morgan fingerprint density at radius 3 is 2.76 bits per heavy atom. The number of benzene rings is 1. The minimum absolute atomic E-state index is 0.472. The molecule has 0 aliphatic rings. The second-order valence-corrected chi connectivity index (χ2v) is 3.58. The van der Waals surface area contributed by atoms with Gasteiger partial charge in [0.05, 0.1) is 7.11 Å². The topological polar surface area (TPSA) is 67.8 Å². The van der Waals surface area contributed by atoms with E-state index in [1.54, 1.807) is 6.07 Å². The van der Waals surface area contributed by atoms with Gasteiger partial charge in [-0.25, -0.2) is 4.79 Å². The molecule has 1 unspecified atom stereocenters. The Morgan fingerprint density at radius 1 is 1.53 bits per heavy atom. The maximum absolute atomic E-state index is 10.8. The summed E-state index contributed by atoms with van der Waals surface area (Å²) in [6, 6.07) is 5.44. The molecule has 0 fully saturated rings. The number of carbonyl (C=O) groups is 1. The van der Waals surface area contributed by atoms with Gasteiger partial charge in [0.15, 0.2) is 17.6 Å². The van der Waals surface area contributed by atoms with E-state index in [-0.39, 0.29) is 0 Å². The van der Waals surface area contributed by atoms with Crippen LogP contribution in [0.4, 0.5) is 0 Å². The molecule has 1 aromatic carbocycles. The molecule has 1 aromatic rings. The maximum Gasteiger partial charge on any atom is 0.344 e. The lowest BCUT2D eigenvalue weighted by Crippen LogP contribution is -2.24. The Bertz CT molecular complexity index is 392. The fourth-order valence-electron chi connectivity index (χ4n) is 1.41. The van der Waals surface area contributed by atoms with Crippen LogP contribution in [0.25, 0.3) is 0 Å². The number of carboxylic acids is 1. The van der Waals surface area contributed by atoms with E-state index in [9.17, 15) is 4.79 Å². The van der Waals surface area contributed by atoms with Crippen molar-refractivity contribution in [3.63, 3.8) is 0 Å². The molecular weight excluding hydrogens is 222 g/mol.